The van der Waals surface area contributed by atoms with Gasteiger partial charge in [-0.05, 0) is 75.7 Å². The number of allylic oxidation sites excluding steroid dienone is 1. The molecule has 0 spiro atoms. The fourth-order valence-corrected chi connectivity index (χ4v) is 4.30. The van der Waals surface area contributed by atoms with Gasteiger partial charge in [-0.3, -0.25) is 14.5 Å². The molecule has 5 heteroatoms. The summed E-state index contributed by atoms with van der Waals surface area (Å²) in [5.74, 6) is -0.201. The lowest BCUT2D eigenvalue weighted by Crippen LogP contribution is -2.42. The van der Waals surface area contributed by atoms with Gasteiger partial charge in [-0.15, -0.1) is 0 Å². The molecule has 2 heterocycles. The largest absolute Gasteiger partial charge is 0.366 e. The lowest BCUT2D eigenvalue weighted by Gasteiger charge is -2.40. The van der Waals surface area contributed by atoms with Gasteiger partial charge in [-0.2, -0.15) is 0 Å². The van der Waals surface area contributed by atoms with Crippen molar-refractivity contribution < 1.29 is 9.59 Å². The van der Waals surface area contributed by atoms with E-state index in [0.29, 0.717) is 4.91 Å². The van der Waals surface area contributed by atoms with E-state index in [2.05, 4.69) is 50.9 Å². The molecule has 132 valence electrons. The summed E-state index contributed by atoms with van der Waals surface area (Å²) in [5.41, 5.74) is 4.48. The van der Waals surface area contributed by atoms with Gasteiger partial charge in [0.1, 0.15) is 0 Å². The first-order chi connectivity index (χ1) is 11.6. The first-order valence-electron chi connectivity index (χ1n) is 8.46. The Morgan fingerprint density at radius 1 is 1.20 bits per heavy atom. The first kappa shape index (κ1) is 17.8. The molecule has 0 unspecified atom stereocenters. The fraction of sp³-hybridized carbons (Fsp3) is 0.400. The van der Waals surface area contributed by atoms with Gasteiger partial charge < -0.3 is 4.90 Å². The number of rotatable bonds is 2. The molecule has 0 atom stereocenters. The molecule has 4 nitrogen and oxygen atoms in total. The van der Waals surface area contributed by atoms with Crippen molar-refractivity contribution in [3.63, 3.8) is 0 Å². The second-order valence-corrected chi connectivity index (χ2v) is 8.46. The van der Waals surface area contributed by atoms with Gasteiger partial charge in [0.05, 0.1) is 10.4 Å². The number of amides is 2. The molecule has 0 radical (unpaired) electrons. The third kappa shape index (κ3) is 3.01. The minimum Gasteiger partial charge on any atom is -0.366 e. The van der Waals surface area contributed by atoms with Gasteiger partial charge in [-0.25, -0.2) is 0 Å². The molecule has 1 aromatic rings. The molecule has 1 saturated heterocycles. The SMILES string of the molecule is CC1=CC(C)(C)N(C)c2ccc(/C=C3/SC(=O)N(C(C)C)C3=O)cc21. The van der Waals surface area contributed by atoms with Crippen LogP contribution in [0.4, 0.5) is 10.5 Å². The van der Waals surface area contributed by atoms with Crippen LogP contribution in [0.25, 0.3) is 11.6 Å². The Morgan fingerprint density at radius 2 is 1.88 bits per heavy atom. The molecule has 25 heavy (non-hydrogen) atoms. The second-order valence-electron chi connectivity index (χ2n) is 7.46. The smallest absolute Gasteiger partial charge is 0.293 e. The maximum absolute atomic E-state index is 12.4. The van der Waals surface area contributed by atoms with Crippen molar-refractivity contribution in [1.29, 1.82) is 0 Å². The summed E-state index contributed by atoms with van der Waals surface area (Å²) in [6, 6.07) is 6.07. The summed E-state index contributed by atoms with van der Waals surface area (Å²) in [7, 11) is 2.09. The number of anilines is 1. The number of carbonyl (C=O) groups is 2. The highest BCUT2D eigenvalue weighted by Gasteiger charge is 2.36. The first-order valence-corrected chi connectivity index (χ1v) is 9.28. The zero-order valence-electron chi connectivity index (χ0n) is 15.6. The highest BCUT2D eigenvalue weighted by molar-refractivity contribution is 8.18. The maximum atomic E-state index is 12.4. The van der Waals surface area contributed by atoms with Crippen molar-refractivity contribution >= 4 is 40.2 Å². The van der Waals surface area contributed by atoms with E-state index in [1.807, 2.05) is 26.0 Å². The van der Waals surface area contributed by atoms with Crippen LogP contribution in [0.3, 0.4) is 0 Å². The van der Waals surface area contributed by atoms with Gasteiger partial charge in [0.25, 0.3) is 11.1 Å². The molecule has 0 saturated carbocycles. The average molecular weight is 356 g/mol. The third-order valence-corrected chi connectivity index (χ3v) is 5.76. The number of hydrogen-bond acceptors (Lipinski definition) is 4. The van der Waals surface area contributed by atoms with E-state index in [9.17, 15) is 9.59 Å². The molecule has 2 amide bonds. The molecule has 0 aliphatic carbocycles. The maximum Gasteiger partial charge on any atom is 0.293 e. The van der Waals surface area contributed by atoms with Crippen LogP contribution in [-0.4, -0.2) is 34.7 Å². The summed E-state index contributed by atoms with van der Waals surface area (Å²) in [4.78, 5) is 28.5. The Morgan fingerprint density at radius 3 is 2.48 bits per heavy atom. The molecular formula is C20H24N2O2S. The molecule has 1 fully saturated rings. The normalized spacial score (nSPS) is 21.2. The quantitative estimate of drug-likeness (QED) is 0.716. The van der Waals surface area contributed by atoms with E-state index in [0.717, 1.165) is 17.3 Å². The summed E-state index contributed by atoms with van der Waals surface area (Å²) in [6.45, 7) is 10.2. The summed E-state index contributed by atoms with van der Waals surface area (Å²) >= 11 is 1.02. The van der Waals surface area contributed by atoms with Crippen LogP contribution in [0.1, 0.15) is 45.7 Å². The van der Waals surface area contributed by atoms with Crippen LogP contribution in [-0.2, 0) is 4.79 Å². The number of carbonyl (C=O) groups excluding carboxylic acids is 2. The Hall–Kier alpha value is -2.01. The number of imide groups is 1. The standard InChI is InChI=1S/C20H24N2O2S/c1-12(2)22-18(23)17(25-19(22)24)10-14-7-8-16-15(9-14)13(3)11-20(4,5)21(16)6/h7-12H,1-6H3/b17-10+. The number of likely N-dealkylation sites (N-methyl/N-ethyl adjacent to an activating group) is 1. The topological polar surface area (TPSA) is 40.6 Å². The van der Waals surface area contributed by atoms with Crippen LogP contribution >= 0.6 is 11.8 Å². The molecule has 2 aliphatic rings. The summed E-state index contributed by atoms with van der Waals surface area (Å²) < 4.78 is 0. The van der Waals surface area contributed by atoms with Crippen LogP contribution in [0.15, 0.2) is 29.2 Å². The summed E-state index contributed by atoms with van der Waals surface area (Å²) in [6.07, 6.45) is 4.08. The highest BCUT2D eigenvalue weighted by Crippen LogP contribution is 2.39. The Bertz CT molecular complexity index is 821. The predicted octanol–water partition coefficient (Wildman–Crippen LogP) is 4.76. The van der Waals surface area contributed by atoms with Crippen molar-refractivity contribution in [2.24, 2.45) is 0 Å². The summed E-state index contributed by atoms with van der Waals surface area (Å²) in [5, 5.41) is -0.193. The zero-order valence-corrected chi connectivity index (χ0v) is 16.4. The molecule has 3 rings (SSSR count). The predicted molar refractivity (Wildman–Crippen MR) is 106 cm³/mol. The van der Waals surface area contributed by atoms with Crippen LogP contribution in [0.2, 0.25) is 0 Å². The van der Waals surface area contributed by atoms with E-state index in [-0.39, 0.29) is 22.7 Å². The van der Waals surface area contributed by atoms with E-state index in [4.69, 9.17) is 0 Å². The number of thioether (sulfide) groups is 1. The molecule has 0 bridgehead atoms. The van der Waals surface area contributed by atoms with Crippen LogP contribution in [0, 0.1) is 0 Å². The Kier molecular flexibility index (Phi) is 4.31. The number of nitrogens with zero attached hydrogens (tertiary/aromatic N) is 2. The van der Waals surface area contributed by atoms with Crippen LogP contribution < -0.4 is 4.90 Å². The Labute approximate surface area is 153 Å². The fourth-order valence-electron chi connectivity index (χ4n) is 3.34. The van der Waals surface area contributed by atoms with E-state index < -0.39 is 0 Å². The monoisotopic (exact) mass is 356 g/mol. The molecular weight excluding hydrogens is 332 g/mol. The third-order valence-electron chi connectivity index (χ3n) is 4.88. The second kappa shape index (κ2) is 6.06. The van der Waals surface area contributed by atoms with Gasteiger partial charge in [-0.1, -0.05) is 12.1 Å². The van der Waals surface area contributed by atoms with Crippen molar-refractivity contribution in [3.8, 4) is 0 Å². The van der Waals surface area contributed by atoms with Crippen LogP contribution in [0.5, 0.6) is 0 Å². The van der Waals surface area contributed by atoms with Crippen molar-refractivity contribution in [2.45, 2.75) is 46.2 Å². The average Bonchev–Trinajstić information content (AvgIpc) is 2.79. The number of hydrogen-bond donors (Lipinski definition) is 0. The lowest BCUT2D eigenvalue weighted by molar-refractivity contribution is -0.123. The molecule has 1 aromatic carbocycles. The molecule has 0 aromatic heterocycles. The number of fused-ring (bicyclic) bond motifs is 1. The van der Waals surface area contributed by atoms with E-state index >= 15 is 0 Å². The van der Waals surface area contributed by atoms with Crippen molar-refractivity contribution in [1.82, 2.24) is 4.90 Å². The Balaban J connectivity index is 1.98. The molecule has 0 N–H and O–H groups in total. The van der Waals surface area contributed by atoms with Gasteiger partial charge in [0, 0.05) is 24.3 Å². The van der Waals surface area contributed by atoms with Gasteiger partial charge >= 0.3 is 0 Å². The van der Waals surface area contributed by atoms with Crippen molar-refractivity contribution in [2.75, 3.05) is 11.9 Å². The molecule has 2 aliphatic heterocycles. The van der Waals surface area contributed by atoms with Gasteiger partial charge in [0.15, 0.2) is 0 Å². The lowest BCUT2D eigenvalue weighted by atomic mass is 9.88. The minimum absolute atomic E-state index is 0.0292. The zero-order chi connectivity index (χ0) is 18.5. The number of benzene rings is 1. The highest BCUT2D eigenvalue weighted by atomic mass is 32.2. The minimum atomic E-state index is -0.201. The van der Waals surface area contributed by atoms with E-state index in [1.54, 1.807) is 0 Å². The van der Waals surface area contributed by atoms with Gasteiger partial charge in [0.2, 0.25) is 0 Å². The van der Waals surface area contributed by atoms with E-state index in [1.165, 1.54) is 21.7 Å². The van der Waals surface area contributed by atoms with Crippen molar-refractivity contribution in [3.05, 3.63) is 40.3 Å².